The van der Waals surface area contributed by atoms with Gasteiger partial charge in [0, 0.05) is 5.39 Å². The van der Waals surface area contributed by atoms with Crippen LogP contribution < -0.4 is 14.9 Å². The molecule has 1 amide bonds. The standard InChI is InChI=1S/C25H19BrCl2N2O4/c1-2-32-22-11-16(9-18(26)24(22)33-14-15-7-8-19(27)20(28)10-15)13-29-30-25(31)23-12-17-5-3-4-6-21(17)34-23/h3-13H,2,14H2,1H3,(H,30,31)/b29-13+. The van der Waals surface area contributed by atoms with Gasteiger partial charge in [0.05, 0.1) is 27.3 Å². The van der Waals surface area contributed by atoms with Gasteiger partial charge < -0.3 is 13.9 Å². The average molecular weight is 562 g/mol. The van der Waals surface area contributed by atoms with Gasteiger partial charge in [-0.3, -0.25) is 4.79 Å². The molecule has 0 atom stereocenters. The van der Waals surface area contributed by atoms with Crippen LogP contribution in [0.3, 0.4) is 0 Å². The molecule has 0 bridgehead atoms. The first-order valence-electron chi connectivity index (χ1n) is 10.3. The van der Waals surface area contributed by atoms with Crippen molar-refractivity contribution in [1.29, 1.82) is 0 Å². The van der Waals surface area contributed by atoms with Gasteiger partial charge >= 0.3 is 5.91 Å². The van der Waals surface area contributed by atoms with E-state index in [0.717, 1.165) is 10.9 Å². The summed E-state index contributed by atoms with van der Waals surface area (Å²) in [6, 6.07) is 18.0. The molecule has 1 N–H and O–H groups in total. The second-order valence-electron chi connectivity index (χ2n) is 7.15. The van der Waals surface area contributed by atoms with Gasteiger partial charge in [0.2, 0.25) is 0 Å². The van der Waals surface area contributed by atoms with E-state index in [2.05, 4.69) is 26.5 Å². The van der Waals surface area contributed by atoms with Crippen molar-refractivity contribution >= 4 is 62.2 Å². The number of halogens is 3. The van der Waals surface area contributed by atoms with E-state index >= 15 is 0 Å². The lowest BCUT2D eigenvalue weighted by molar-refractivity contribution is 0.0929. The number of fused-ring (bicyclic) bond motifs is 1. The number of benzene rings is 3. The van der Waals surface area contributed by atoms with Gasteiger partial charge in [-0.2, -0.15) is 5.10 Å². The smallest absolute Gasteiger partial charge is 0.307 e. The second kappa shape index (κ2) is 11.0. The molecule has 0 saturated carbocycles. The van der Waals surface area contributed by atoms with Crippen molar-refractivity contribution in [3.8, 4) is 11.5 Å². The highest BCUT2D eigenvalue weighted by Crippen LogP contribution is 2.37. The van der Waals surface area contributed by atoms with Crippen molar-refractivity contribution < 1.29 is 18.7 Å². The summed E-state index contributed by atoms with van der Waals surface area (Å²) >= 11 is 15.6. The number of nitrogens with one attached hydrogen (secondary N) is 1. The Kier molecular flexibility index (Phi) is 7.77. The molecule has 3 aromatic carbocycles. The van der Waals surface area contributed by atoms with Gasteiger partial charge in [-0.15, -0.1) is 0 Å². The normalized spacial score (nSPS) is 11.2. The molecule has 0 spiro atoms. The number of nitrogens with zero attached hydrogens (tertiary/aromatic N) is 1. The molecule has 0 fully saturated rings. The summed E-state index contributed by atoms with van der Waals surface area (Å²) in [6.45, 7) is 2.60. The number of amides is 1. The Balaban J connectivity index is 1.46. The topological polar surface area (TPSA) is 73.1 Å². The van der Waals surface area contributed by atoms with Crippen LogP contribution >= 0.6 is 39.1 Å². The number of hydrazone groups is 1. The zero-order valence-corrected chi connectivity index (χ0v) is 21.1. The number of furan rings is 1. The van der Waals surface area contributed by atoms with Crippen LogP contribution in [0.2, 0.25) is 10.0 Å². The summed E-state index contributed by atoms with van der Waals surface area (Å²) in [7, 11) is 0. The van der Waals surface area contributed by atoms with Crippen molar-refractivity contribution in [1.82, 2.24) is 5.43 Å². The summed E-state index contributed by atoms with van der Waals surface area (Å²) in [5.74, 6) is 0.803. The van der Waals surface area contributed by atoms with Crippen molar-refractivity contribution in [2.24, 2.45) is 5.10 Å². The average Bonchev–Trinajstić information content (AvgIpc) is 3.25. The molecule has 174 valence electrons. The summed E-state index contributed by atoms with van der Waals surface area (Å²) in [6.07, 6.45) is 1.51. The van der Waals surface area contributed by atoms with Crippen molar-refractivity contribution in [3.05, 3.63) is 92.1 Å². The fourth-order valence-corrected chi connectivity index (χ4v) is 4.06. The van der Waals surface area contributed by atoms with Gasteiger partial charge in [0.15, 0.2) is 17.3 Å². The minimum Gasteiger partial charge on any atom is -0.490 e. The molecule has 9 heteroatoms. The van der Waals surface area contributed by atoms with E-state index in [4.69, 9.17) is 37.1 Å². The van der Waals surface area contributed by atoms with E-state index in [9.17, 15) is 4.79 Å². The van der Waals surface area contributed by atoms with E-state index < -0.39 is 5.91 Å². The monoisotopic (exact) mass is 560 g/mol. The number of hydrogen-bond acceptors (Lipinski definition) is 5. The Hall–Kier alpha value is -3.00. The Morgan fingerprint density at radius 3 is 2.68 bits per heavy atom. The number of hydrogen-bond donors (Lipinski definition) is 1. The minimum atomic E-state index is -0.446. The third-order valence-electron chi connectivity index (χ3n) is 4.73. The second-order valence-corrected chi connectivity index (χ2v) is 8.82. The Morgan fingerprint density at radius 1 is 1.09 bits per heavy atom. The zero-order valence-electron chi connectivity index (χ0n) is 18.0. The molecule has 1 heterocycles. The quantitative estimate of drug-likeness (QED) is 0.182. The fraction of sp³-hybridized carbons (Fsp3) is 0.120. The first-order chi connectivity index (χ1) is 16.4. The lowest BCUT2D eigenvalue weighted by Crippen LogP contribution is -2.16. The van der Waals surface area contributed by atoms with Crippen LogP contribution in [0.4, 0.5) is 0 Å². The number of rotatable bonds is 8. The van der Waals surface area contributed by atoms with E-state index in [1.54, 1.807) is 30.3 Å². The van der Waals surface area contributed by atoms with E-state index in [1.807, 2.05) is 37.3 Å². The predicted molar refractivity (Wildman–Crippen MR) is 137 cm³/mol. The molecule has 4 aromatic rings. The van der Waals surface area contributed by atoms with Gasteiger partial charge in [-0.25, -0.2) is 5.43 Å². The van der Waals surface area contributed by atoms with Crippen LogP contribution in [0.15, 0.2) is 74.7 Å². The molecule has 6 nitrogen and oxygen atoms in total. The van der Waals surface area contributed by atoms with Crippen molar-refractivity contribution in [3.63, 3.8) is 0 Å². The maximum atomic E-state index is 12.4. The first kappa shape index (κ1) is 24.1. The van der Waals surface area contributed by atoms with Crippen molar-refractivity contribution in [2.45, 2.75) is 13.5 Å². The summed E-state index contributed by atoms with van der Waals surface area (Å²) in [5.41, 5.74) is 4.67. The summed E-state index contributed by atoms with van der Waals surface area (Å²) in [5, 5.41) is 5.83. The zero-order chi connectivity index (χ0) is 24.1. The molecular weight excluding hydrogens is 543 g/mol. The van der Waals surface area contributed by atoms with Gasteiger partial charge in [-0.05, 0) is 70.4 Å². The fourth-order valence-electron chi connectivity index (χ4n) is 3.16. The summed E-state index contributed by atoms with van der Waals surface area (Å²) in [4.78, 5) is 12.4. The Labute approximate surface area is 214 Å². The third-order valence-corrected chi connectivity index (χ3v) is 6.06. The lowest BCUT2D eigenvalue weighted by Gasteiger charge is -2.15. The van der Waals surface area contributed by atoms with Gasteiger partial charge in [0.1, 0.15) is 12.2 Å². The SMILES string of the molecule is CCOc1cc(/C=N/NC(=O)c2cc3ccccc3o2)cc(Br)c1OCc1ccc(Cl)c(Cl)c1. The molecule has 0 unspecified atom stereocenters. The molecule has 0 aliphatic heterocycles. The molecular formula is C25H19BrCl2N2O4. The van der Waals surface area contributed by atoms with Crippen molar-refractivity contribution in [2.75, 3.05) is 6.61 Å². The predicted octanol–water partition coefficient (Wildman–Crippen LogP) is 7.24. The van der Waals surface area contributed by atoms with Crippen LogP contribution in [-0.2, 0) is 6.61 Å². The molecule has 4 rings (SSSR count). The Morgan fingerprint density at radius 2 is 1.91 bits per heavy atom. The molecule has 0 saturated heterocycles. The van der Waals surface area contributed by atoms with Crippen LogP contribution in [0, 0.1) is 0 Å². The molecule has 34 heavy (non-hydrogen) atoms. The third kappa shape index (κ3) is 5.73. The maximum absolute atomic E-state index is 12.4. The highest BCUT2D eigenvalue weighted by molar-refractivity contribution is 9.10. The number of ether oxygens (including phenoxy) is 2. The van der Waals surface area contributed by atoms with Crippen LogP contribution in [-0.4, -0.2) is 18.7 Å². The highest BCUT2D eigenvalue weighted by Gasteiger charge is 2.14. The largest absolute Gasteiger partial charge is 0.490 e. The van der Waals surface area contributed by atoms with Crippen LogP contribution in [0.1, 0.15) is 28.6 Å². The van der Waals surface area contributed by atoms with Gasteiger partial charge in [-0.1, -0.05) is 47.5 Å². The number of carbonyl (C=O) groups excluding carboxylic acids is 1. The summed E-state index contributed by atoms with van der Waals surface area (Å²) < 4.78 is 18.0. The molecule has 0 aliphatic carbocycles. The van der Waals surface area contributed by atoms with E-state index in [0.29, 0.717) is 43.8 Å². The molecule has 0 aliphatic rings. The Bertz CT molecular complexity index is 1340. The molecule has 1 aromatic heterocycles. The minimum absolute atomic E-state index is 0.181. The number of para-hydroxylation sites is 1. The first-order valence-corrected chi connectivity index (χ1v) is 11.8. The molecule has 0 radical (unpaired) electrons. The van der Waals surface area contributed by atoms with E-state index in [-0.39, 0.29) is 12.4 Å². The lowest BCUT2D eigenvalue weighted by atomic mass is 10.2. The van der Waals surface area contributed by atoms with E-state index in [1.165, 1.54) is 6.21 Å². The van der Waals surface area contributed by atoms with Crippen LogP contribution in [0.5, 0.6) is 11.5 Å². The van der Waals surface area contributed by atoms with Gasteiger partial charge in [0.25, 0.3) is 0 Å². The number of carbonyl (C=O) groups is 1. The van der Waals surface area contributed by atoms with Crippen LogP contribution in [0.25, 0.3) is 11.0 Å². The maximum Gasteiger partial charge on any atom is 0.307 e. The highest BCUT2D eigenvalue weighted by atomic mass is 79.9.